The van der Waals surface area contributed by atoms with Gasteiger partial charge in [0.05, 0.1) is 35.7 Å². The number of carbonyl (C=O) groups excluding carboxylic acids is 2. The van der Waals surface area contributed by atoms with Gasteiger partial charge < -0.3 is 14.7 Å². The Labute approximate surface area is 297 Å². The molecule has 6 aliphatic rings. The molecule has 1 aliphatic heterocycles. The van der Waals surface area contributed by atoms with Gasteiger partial charge in [0, 0.05) is 19.5 Å². The predicted octanol–water partition coefficient (Wildman–Crippen LogP) is 8.59. The summed E-state index contributed by atoms with van der Waals surface area (Å²) in [4.78, 5) is 28.8. The Morgan fingerprint density at radius 2 is 1.53 bits per heavy atom. The molecule has 0 aromatic heterocycles. The number of aliphatic hydroxyl groups is 1. The number of amides is 1. The van der Waals surface area contributed by atoms with Crippen LogP contribution in [-0.2, 0) is 24.2 Å². The number of esters is 1. The number of hydrogen-bond acceptors (Lipinski definition) is 6. The largest absolute Gasteiger partial charge is 0.513 e. The van der Waals surface area contributed by atoms with Gasteiger partial charge in [-0.05, 0) is 122 Å². The number of hydrogen-bond donors (Lipinski definition) is 1. The van der Waals surface area contributed by atoms with E-state index in [1.54, 1.807) is 5.57 Å². The summed E-state index contributed by atoms with van der Waals surface area (Å²) in [6, 6.07) is 0. The van der Waals surface area contributed by atoms with Gasteiger partial charge in [0.25, 0.3) is 0 Å². The van der Waals surface area contributed by atoms with E-state index in [0.29, 0.717) is 37.5 Å². The van der Waals surface area contributed by atoms with Crippen LogP contribution >= 0.6 is 0 Å². The third kappa shape index (κ3) is 6.04. The molecule has 0 aromatic rings. The fourth-order valence-electron chi connectivity index (χ4n) is 13.1. The Hall–Kier alpha value is -1.83. The van der Waals surface area contributed by atoms with Crippen LogP contribution in [0.3, 0.4) is 0 Å². The fraction of sp³-hybridized carbons (Fsp3) is 0.854. The van der Waals surface area contributed by atoms with E-state index < -0.39 is 15.3 Å². The summed E-state index contributed by atoms with van der Waals surface area (Å²) in [5, 5.41) is 9.35. The van der Waals surface area contributed by atoms with Crippen molar-refractivity contribution in [3.8, 4) is 0 Å². The predicted molar refractivity (Wildman–Crippen MR) is 194 cm³/mol. The first kappa shape index (κ1) is 36.9. The number of rotatable bonds is 7. The molecule has 0 aromatic carbocycles. The van der Waals surface area contributed by atoms with Crippen LogP contribution in [0.15, 0.2) is 23.5 Å². The van der Waals surface area contributed by atoms with Crippen LogP contribution in [0, 0.1) is 50.2 Å². The van der Waals surface area contributed by atoms with E-state index in [9.17, 15) is 23.1 Å². The van der Waals surface area contributed by atoms with Crippen molar-refractivity contribution in [2.24, 2.45) is 50.2 Å². The maximum Gasteiger partial charge on any atom is 0.306 e. The molecule has 8 heteroatoms. The van der Waals surface area contributed by atoms with Gasteiger partial charge in [0.2, 0.25) is 5.91 Å². The van der Waals surface area contributed by atoms with Gasteiger partial charge in [-0.1, -0.05) is 66.2 Å². The van der Waals surface area contributed by atoms with Crippen molar-refractivity contribution in [2.75, 3.05) is 31.2 Å². The van der Waals surface area contributed by atoms with Crippen molar-refractivity contribution in [3.63, 3.8) is 0 Å². The average Bonchev–Trinajstić information content (AvgIpc) is 3.01. The van der Waals surface area contributed by atoms with Gasteiger partial charge in [-0.3, -0.25) is 9.59 Å². The highest BCUT2D eigenvalue weighted by Gasteiger charge is 2.68. The fourth-order valence-corrected chi connectivity index (χ4v) is 14.3. The minimum Gasteiger partial charge on any atom is -0.513 e. The molecule has 5 fully saturated rings. The van der Waals surface area contributed by atoms with Crippen molar-refractivity contribution in [3.05, 3.63) is 23.5 Å². The second-order valence-electron chi connectivity index (χ2n) is 19.4. The van der Waals surface area contributed by atoms with Crippen molar-refractivity contribution in [1.29, 1.82) is 0 Å². The first-order valence-electron chi connectivity index (χ1n) is 19.5. The van der Waals surface area contributed by atoms with E-state index in [0.717, 1.165) is 51.4 Å². The van der Waals surface area contributed by atoms with Crippen molar-refractivity contribution >= 4 is 21.7 Å². The van der Waals surface area contributed by atoms with Crippen LogP contribution in [-0.4, -0.2) is 61.5 Å². The Morgan fingerprint density at radius 1 is 0.857 bits per heavy atom. The lowest BCUT2D eigenvalue weighted by Crippen LogP contribution is -2.64. The third-order valence-corrected chi connectivity index (χ3v) is 17.8. The molecule has 49 heavy (non-hydrogen) atoms. The van der Waals surface area contributed by atoms with Crippen LogP contribution in [0.25, 0.3) is 0 Å². The van der Waals surface area contributed by atoms with Gasteiger partial charge in [-0.25, -0.2) is 8.42 Å². The maximum atomic E-state index is 14.6. The number of aliphatic hydroxyl groups excluding tert-OH is 1. The molecule has 0 spiro atoms. The molecular weight excluding hydrogens is 635 g/mol. The van der Waals surface area contributed by atoms with E-state index in [1.165, 1.54) is 31.3 Å². The summed E-state index contributed by atoms with van der Waals surface area (Å²) in [7, 11) is -3.06. The SMILES string of the molecule is C=C(O)CCC(=O)OCC[C@H]1CC[C@]2(C)[C@H]3CCC4=C5CC(C)(C)CC[C@]5(C(=O)N5CCS(=O)(=O)CC5)CC[C@@]4(C)[C@]3(C)CC[C@H]2C1(C)C. The standard InChI is InChI=1S/C41H65NO6S/c1-28(43)9-12-34(44)48-24-15-29-13-16-38(6)32(37(29,4)5)14-17-40(8)33(38)11-10-30-31-27-36(2,3)18-20-41(31,21-19-39(30,40)7)35(45)42-22-25-49(46,47)26-23-42/h29,32-33,43H,1,9-27H2,2-8H3/t29-,32+,33-,38+,39-,40-,41+/m1/s1. The molecule has 0 radical (unpaired) electrons. The van der Waals surface area contributed by atoms with E-state index in [4.69, 9.17) is 4.74 Å². The van der Waals surface area contributed by atoms with E-state index >= 15 is 0 Å². The monoisotopic (exact) mass is 699 g/mol. The van der Waals surface area contributed by atoms with Crippen LogP contribution in [0.1, 0.15) is 138 Å². The van der Waals surface area contributed by atoms with Crippen LogP contribution < -0.4 is 0 Å². The van der Waals surface area contributed by atoms with Crippen molar-refractivity contribution in [2.45, 2.75) is 138 Å². The summed E-state index contributed by atoms with van der Waals surface area (Å²) in [5.74, 6) is 1.89. The minimum absolute atomic E-state index is 0.0226. The van der Waals surface area contributed by atoms with E-state index in [1.807, 2.05) is 4.90 Å². The zero-order valence-corrected chi connectivity index (χ0v) is 32.5. The summed E-state index contributed by atoms with van der Waals surface area (Å²) in [5.41, 5.74) is 3.32. The Bertz CT molecular complexity index is 1500. The lowest BCUT2D eigenvalue weighted by Gasteiger charge is -2.71. The summed E-state index contributed by atoms with van der Waals surface area (Å²) in [6.07, 6.45) is 13.2. The normalized spacial score (nSPS) is 40.6. The molecule has 1 saturated heterocycles. The van der Waals surface area contributed by atoms with Gasteiger partial charge in [-0.15, -0.1) is 0 Å². The first-order chi connectivity index (χ1) is 22.7. The zero-order chi connectivity index (χ0) is 35.8. The number of sulfone groups is 1. The summed E-state index contributed by atoms with van der Waals surface area (Å²) in [6.45, 7) is 22.1. The van der Waals surface area contributed by atoms with Gasteiger partial charge in [-0.2, -0.15) is 0 Å². The van der Waals surface area contributed by atoms with Crippen LogP contribution in [0.2, 0.25) is 0 Å². The second kappa shape index (κ2) is 12.4. The van der Waals surface area contributed by atoms with Gasteiger partial charge >= 0.3 is 5.97 Å². The minimum atomic E-state index is -3.06. The number of fused-ring (bicyclic) bond motifs is 6. The molecule has 7 atom stereocenters. The molecule has 276 valence electrons. The third-order valence-electron chi connectivity index (χ3n) is 16.2. The van der Waals surface area contributed by atoms with Crippen molar-refractivity contribution < 1.29 is 27.9 Å². The van der Waals surface area contributed by atoms with Crippen LogP contribution in [0.4, 0.5) is 0 Å². The number of ether oxygens (including phenoxy) is 1. The number of carbonyl (C=O) groups is 2. The molecule has 0 unspecified atom stereocenters. The molecular formula is C41H65NO6S. The van der Waals surface area contributed by atoms with Gasteiger partial charge in [0.15, 0.2) is 9.84 Å². The molecule has 1 N–H and O–H groups in total. The molecule has 4 saturated carbocycles. The Balaban J connectivity index is 1.26. The van der Waals surface area contributed by atoms with Gasteiger partial charge in [0.1, 0.15) is 0 Å². The Morgan fingerprint density at radius 3 is 2.20 bits per heavy atom. The molecule has 1 amide bonds. The zero-order valence-electron chi connectivity index (χ0n) is 31.7. The van der Waals surface area contributed by atoms with Crippen molar-refractivity contribution in [1.82, 2.24) is 4.90 Å². The molecule has 0 bridgehead atoms. The van der Waals surface area contributed by atoms with Crippen LogP contribution in [0.5, 0.6) is 0 Å². The highest BCUT2D eigenvalue weighted by Crippen LogP contribution is 2.76. The molecule has 1 heterocycles. The molecule has 6 rings (SSSR count). The lowest BCUT2D eigenvalue weighted by atomic mass is 9.33. The topological polar surface area (TPSA) is 101 Å². The smallest absolute Gasteiger partial charge is 0.306 e. The van der Waals surface area contributed by atoms with E-state index in [-0.39, 0.29) is 69.1 Å². The summed E-state index contributed by atoms with van der Waals surface area (Å²) < 4.78 is 30.2. The highest BCUT2D eigenvalue weighted by atomic mass is 32.2. The maximum absolute atomic E-state index is 14.6. The first-order valence-corrected chi connectivity index (χ1v) is 21.3. The average molecular weight is 700 g/mol. The van der Waals surface area contributed by atoms with E-state index in [2.05, 4.69) is 55.0 Å². The second-order valence-corrected chi connectivity index (χ2v) is 21.7. The summed E-state index contributed by atoms with van der Waals surface area (Å²) >= 11 is 0. The number of allylic oxidation sites excluding steroid dienone is 2. The molecule has 5 aliphatic carbocycles. The lowest BCUT2D eigenvalue weighted by molar-refractivity contribution is -0.195. The molecule has 7 nitrogen and oxygen atoms in total. The highest BCUT2D eigenvalue weighted by molar-refractivity contribution is 7.91. The quantitative estimate of drug-likeness (QED) is 0.162. The number of nitrogens with zero attached hydrogens (tertiary/aromatic N) is 1. The Kier molecular flexibility index (Phi) is 9.35.